The summed E-state index contributed by atoms with van der Waals surface area (Å²) >= 11 is 14.4. The van der Waals surface area contributed by atoms with Gasteiger partial charge in [0.1, 0.15) is 0 Å². The molecule has 0 aliphatic heterocycles. The Morgan fingerprint density at radius 1 is 0.562 bits per heavy atom. The molecule has 0 unspecified atom stereocenters. The highest BCUT2D eigenvalue weighted by atomic mass is 35.6. The van der Waals surface area contributed by atoms with Gasteiger partial charge in [0.25, 0.3) is 0 Å². The summed E-state index contributed by atoms with van der Waals surface area (Å²) < 4.78 is 0. The second-order valence-corrected chi connectivity index (χ2v) is 4.96. The minimum atomic E-state index is -0.750. The van der Waals surface area contributed by atoms with Gasteiger partial charge in [-0.3, -0.25) is 0 Å². The van der Waals surface area contributed by atoms with E-state index in [0.29, 0.717) is 0 Å². The normalized spacial score (nSPS) is 8.94. The maximum atomic E-state index is 4.81. The first-order chi connectivity index (χ1) is 7.70. The average molecular weight is 271 g/mol. The zero-order valence-electron chi connectivity index (χ0n) is 8.48. The van der Waals surface area contributed by atoms with Crippen molar-refractivity contribution in [3.8, 4) is 11.1 Å². The maximum absolute atomic E-state index is 4.81. The lowest BCUT2D eigenvalue weighted by molar-refractivity contribution is 1.62. The van der Waals surface area contributed by atoms with Crippen LogP contribution in [0.4, 0.5) is 0 Å². The van der Waals surface area contributed by atoms with Crippen molar-refractivity contribution < 1.29 is 0 Å². The van der Waals surface area contributed by atoms with Gasteiger partial charge in [-0.25, -0.2) is 0 Å². The fourth-order valence-corrected chi connectivity index (χ4v) is 1.26. The third-order valence-electron chi connectivity index (χ3n) is 1.88. The molecule has 0 bridgehead atoms. The van der Waals surface area contributed by atoms with E-state index in [9.17, 15) is 0 Å². The quantitative estimate of drug-likeness (QED) is 0.637. The molecule has 82 valence electrons. The van der Waals surface area contributed by atoms with Crippen LogP contribution in [-0.4, -0.2) is 4.96 Å². The number of benzene rings is 2. The van der Waals surface area contributed by atoms with Gasteiger partial charge in [0.15, 0.2) is 0 Å². The van der Waals surface area contributed by atoms with E-state index >= 15 is 0 Å². The molecule has 0 fully saturated rings. The summed E-state index contributed by atoms with van der Waals surface area (Å²) in [6.45, 7) is 0. The standard InChI is InChI=1S/C12H10.BCl3/c1-3-7-11(8-4-1)12-9-5-2-6-10-12;2-1(3)4/h1-10H;. The molecule has 0 aromatic heterocycles. The van der Waals surface area contributed by atoms with E-state index in [-0.39, 0.29) is 0 Å². The van der Waals surface area contributed by atoms with E-state index in [1.54, 1.807) is 0 Å². The summed E-state index contributed by atoms with van der Waals surface area (Å²) in [5, 5.41) is 0. The Bertz CT molecular complexity index is 349. The molecule has 0 heterocycles. The van der Waals surface area contributed by atoms with Crippen molar-refractivity contribution in [3.63, 3.8) is 0 Å². The number of hydrogen-bond acceptors (Lipinski definition) is 0. The Kier molecular flexibility index (Phi) is 6.40. The van der Waals surface area contributed by atoms with Crippen LogP contribution in [0.5, 0.6) is 0 Å². The lowest BCUT2D eigenvalue weighted by atomic mass is 10.1. The van der Waals surface area contributed by atoms with E-state index in [0.717, 1.165) is 0 Å². The first kappa shape index (κ1) is 13.4. The van der Waals surface area contributed by atoms with Crippen molar-refractivity contribution in [3.05, 3.63) is 60.7 Å². The van der Waals surface area contributed by atoms with Crippen molar-refractivity contribution in [1.82, 2.24) is 0 Å². The summed E-state index contributed by atoms with van der Waals surface area (Å²) in [5.41, 5.74) is 2.55. The molecule has 0 saturated heterocycles. The molecule has 0 nitrogen and oxygen atoms in total. The van der Waals surface area contributed by atoms with Gasteiger partial charge in [-0.05, 0) is 11.1 Å². The summed E-state index contributed by atoms with van der Waals surface area (Å²) in [7, 11) is 0. The fourth-order valence-electron chi connectivity index (χ4n) is 1.26. The maximum Gasteiger partial charge on any atom is 0.450 e. The molecule has 16 heavy (non-hydrogen) atoms. The Hall–Kier alpha value is -0.625. The largest absolute Gasteiger partial charge is 0.450 e. The van der Waals surface area contributed by atoms with Crippen LogP contribution in [0.1, 0.15) is 0 Å². The molecule has 0 radical (unpaired) electrons. The minimum absolute atomic E-state index is 0.750. The SMILES string of the molecule is ClB(Cl)Cl.c1ccc(-c2ccccc2)cc1. The van der Waals surface area contributed by atoms with E-state index < -0.39 is 4.96 Å². The molecule has 0 saturated carbocycles. The Morgan fingerprint density at radius 2 is 0.812 bits per heavy atom. The summed E-state index contributed by atoms with van der Waals surface area (Å²) in [6, 6.07) is 20.8. The third kappa shape index (κ3) is 5.46. The van der Waals surface area contributed by atoms with Crippen molar-refractivity contribution >= 4 is 39.3 Å². The van der Waals surface area contributed by atoms with E-state index in [1.807, 2.05) is 12.1 Å². The van der Waals surface area contributed by atoms with Gasteiger partial charge in [-0.1, -0.05) is 60.7 Å². The molecule has 0 atom stereocenters. The first-order valence-corrected chi connectivity index (χ1v) is 6.04. The zero-order chi connectivity index (χ0) is 11.8. The predicted octanol–water partition coefficient (Wildman–Crippen LogP) is 5.04. The van der Waals surface area contributed by atoms with Crippen LogP contribution < -0.4 is 0 Å². The van der Waals surface area contributed by atoms with Crippen molar-refractivity contribution in [2.75, 3.05) is 0 Å². The van der Waals surface area contributed by atoms with Gasteiger partial charge in [-0.15, -0.1) is 0 Å². The molecule has 0 aliphatic rings. The number of rotatable bonds is 1. The van der Waals surface area contributed by atoms with Gasteiger partial charge < -0.3 is 0 Å². The Labute approximate surface area is 111 Å². The zero-order valence-corrected chi connectivity index (χ0v) is 10.8. The summed E-state index contributed by atoms with van der Waals surface area (Å²) in [6.07, 6.45) is 0. The van der Waals surface area contributed by atoms with Gasteiger partial charge in [0.2, 0.25) is 0 Å². The van der Waals surface area contributed by atoms with Gasteiger partial charge in [0, 0.05) is 0 Å². The van der Waals surface area contributed by atoms with Gasteiger partial charge >= 0.3 is 4.96 Å². The molecule has 2 aromatic carbocycles. The molecule has 0 aliphatic carbocycles. The molecule has 0 spiro atoms. The van der Waals surface area contributed by atoms with Gasteiger partial charge in [0.05, 0.1) is 0 Å². The monoisotopic (exact) mass is 270 g/mol. The van der Waals surface area contributed by atoms with Crippen molar-refractivity contribution in [2.45, 2.75) is 0 Å². The highest BCUT2D eigenvalue weighted by molar-refractivity contribution is 7.54. The molecule has 4 heteroatoms. The smallest absolute Gasteiger partial charge is 0.150 e. The highest BCUT2D eigenvalue weighted by Gasteiger charge is 1.92. The fraction of sp³-hybridized carbons (Fsp3) is 0. The van der Waals surface area contributed by atoms with E-state index in [4.69, 9.17) is 34.4 Å². The molecular weight excluding hydrogens is 261 g/mol. The van der Waals surface area contributed by atoms with Crippen LogP contribution in [0.3, 0.4) is 0 Å². The predicted molar refractivity (Wildman–Crippen MR) is 75.2 cm³/mol. The summed E-state index contributed by atoms with van der Waals surface area (Å²) in [5.74, 6) is 0. The highest BCUT2D eigenvalue weighted by Crippen LogP contribution is 2.17. The van der Waals surface area contributed by atoms with Crippen LogP contribution in [0.15, 0.2) is 60.7 Å². The van der Waals surface area contributed by atoms with Crippen LogP contribution in [0.2, 0.25) is 0 Å². The number of halogens is 3. The first-order valence-electron chi connectivity index (χ1n) is 4.73. The lowest BCUT2D eigenvalue weighted by Gasteiger charge is -1.98. The second-order valence-electron chi connectivity index (χ2n) is 2.98. The molecule has 0 N–H and O–H groups in total. The van der Waals surface area contributed by atoms with Crippen molar-refractivity contribution in [2.24, 2.45) is 0 Å². The van der Waals surface area contributed by atoms with Crippen molar-refractivity contribution in [1.29, 1.82) is 0 Å². The minimum Gasteiger partial charge on any atom is -0.150 e. The van der Waals surface area contributed by atoms with E-state index in [2.05, 4.69) is 48.5 Å². The lowest BCUT2D eigenvalue weighted by Crippen LogP contribution is -1.73. The second kappa shape index (κ2) is 7.62. The Morgan fingerprint density at radius 3 is 1.06 bits per heavy atom. The van der Waals surface area contributed by atoms with Crippen LogP contribution in [0.25, 0.3) is 11.1 Å². The average Bonchev–Trinajstić information content (AvgIpc) is 2.31. The summed E-state index contributed by atoms with van der Waals surface area (Å²) in [4.78, 5) is -0.750. The van der Waals surface area contributed by atoms with Gasteiger partial charge in [-0.2, -0.15) is 34.4 Å². The van der Waals surface area contributed by atoms with Crippen LogP contribution in [0, 0.1) is 0 Å². The molecule has 0 amide bonds. The topological polar surface area (TPSA) is 0 Å². The molecular formula is C12H10BCl3. The van der Waals surface area contributed by atoms with Crippen LogP contribution in [-0.2, 0) is 0 Å². The number of hydrogen-bond donors (Lipinski definition) is 0. The van der Waals surface area contributed by atoms with E-state index in [1.165, 1.54) is 11.1 Å². The Balaban J connectivity index is 0.000000280. The third-order valence-corrected chi connectivity index (χ3v) is 1.88. The van der Waals surface area contributed by atoms with Crippen LogP contribution >= 0.6 is 34.4 Å². The molecule has 2 rings (SSSR count). The molecule has 2 aromatic rings.